The van der Waals surface area contributed by atoms with Gasteiger partial charge in [0.1, 0.15) is 5.82 Å². The minimum Gasteiger partial charge on any atom is -0.332 e. The number of thiocarbonyl (C=S) groups is 1. The highest BCUT2D eigenvalue weighted by molar-refractivity contribution is 7.80. The number of nitrogens with one attached hydrogen (secondary N) is 2. The van der Waals surface area contributed by atoms with Crippen LogP contribution in [0.4, 0.5) is 15.8 Å². The van der Waals surface area contributed by atoms with Crippen LogP contribution < -0.4 is 10.6 Å². The van der Waals surface area contributed by atoms with E-state index in [1.807, 2.05) is 30.7 Å². The molecule has 0 aliphatic heterocycles. The fraction of sp³-hybridized carbons (Fsp3) is 0.158. The average Bonchev–Trinajstić information content (AvgIpc) is 2.86. The molecule has 1 aromatic heterocycles. The molecule has 2 aromatic carbocycles. The Bertz CT molecular complexity index is 920. The number of anilines is 2. The van der Waals surface area contributed by atoms with E-state index in [4.69, 9.17) is 23.8 Å². The molecular formula is C19H18ClFN4S. The van der Waals surface area contributed by atoms with Gasteiger partial charge in [-0.2, -0.15) is 5.10 Å². The highest BCUT2D eigenvalue weighted by Gasteiger charge is 2.13. The molecule has 1 heterocycles. The molecule has 0 saturated heterocycles. The van der Waals surface area contributed by atoms with Crippen LogP contribution in [0.1, 0.15) is 17.0 Å². The Morgan fingerprint density at radius 3 is 2.38 bits per heavy atom. The molecule has 0 saturated carbocycles. The van der Waals surface area contributed by atoms with Gasteiger partial charge in [-0.1, -0.05) is 23.7 Å². The number of aromatic nitrogens is 2. The van der Waals surface area contributed by atoms with Crippen molar-refractivity contribution >= 4 is 40.3 Å². The smallest absolute Gasteiger partial charge is 0.175 e. The van der Waals surface area contributed by atoms with E-state index in [9.17, 15) is 4.39 Å². The molecule has 0 atom stereocenters. The van der Waals surface area contributed by atoms with Gasteiger partial charge < -0.3 is 10.6 Å². The Labute approximate surface area is 162 Å². The molecule has 0 amide bonds. The quantitative estimate of drug-likeness (QED) is 0.606. The topological polar surface area (TPSA) is 41.9 Å². The van der Waals surface area contributed by atoms with Crippen LogP contribution in [0.3, 0.4) is 0 Å². The van der Waals surface area contributed by atoms with Gasteiger partial charge in [0.2, 0.25) is 0 Å². The fourth-order valence-electron chi connectivity index (χ4n) is 2.60. The number of nitrogens with zero attached hydrogens (tertiary/aromatic N) is 2. The van der Waals surface area contributed by atoms with Gasteiger partial charge in [0.05, 0.1) is 23.6 Å². The normalized spacial score (nSPS) is 10.6. The third-order valence-corrected chi connectivity index (χ3v) is 4.42. The second-order valence-corrected chi connectivity index (χ2v) is 6.76. The summed E-state index contributed by atoms with van der Waals surface area (Å²) >= 11 is 11.3. The van der Waals surface area contributed by atoms with Crippen molar-refractivity contribution in [2.45, 2.75) is 20.4 Å². The van der Waals surface area contributed by atoms with Crippen molar-refractivity contribution in [2.24, 2.45) is 0 Å². The molecule has 2 N–H and O–H groups in total. The molecule has 0 fully saturated rings. The second kappa shape index (κ2) is 7.85. The number of rotatable bonds is 4. The minimum absolute atomic E-state index is 0.247. The first-order valence-corrected chi connectivity index (χ1v) is 8.83. The van der Waals surface area contributed by atoms with E-state index < -0.39 is 0 Å². The maximum atomic E-state index is 13.1. The lowest BCUT2D eigenvalue weighted by atomic mass is 10.2. The van der Waals surface area contributed by atoms with Gasteiger partial charge in [-0.15, -0.1) is 0 Å². The van der Waals surface area contributed by atoms with Crippen molar-refractivity contribution in [3.05, 3.63) is 76.3 Å². The molecule has 7 heteroatoms. The van der Waals surface area contributed by atoms with Gasteiger partial charge in [-0.25, -0.2) is 4.39 Å². The van der Waals surface area contributed by atoms with Crippen molar-refractivity contribution < 1.29 is 4.39 Å². The summed E-state index contributed by atoms with van der Waals surface area (Å²) in [6, 6.07) is 13.7. The Morgan fingerprint density at radius 1 is 1.08 bits per heavy atom. The Kier molecular flexibility index (Phi) is 5.54. The van der Waals surface area contributed by atoms with Crippen molar-refractivity contribution in [1.29, 1.82) is 0 Å². The van der Waals surface area contributed by atoms with E-state index >= 15 is 0 Å². The van der Waals surface area contributed by atoms with Gasteiger partial charge in [0, 0.05) is 10.7 Å². The van der Waals surface area contributed by atoms with Crippen LogP contribution in [0.25, 0.3) is 0 Å². The van der Waals surface area contributed by atoms with Crippen LogP contribution in [0.5, 0.6) is 0 Å². The lowest BCUT2D eigenvalue weighted by Crippen LogP contribution is -2.19. The summed E-state index contributed by atoms with van der Waals surface area (Å²) < 4.78 is 14.9. The van der Waals surface area contributed by atoms with E-state index in [2.05, 4.69) is 15.7 Å². The molecule has 26 heavy (non-hydrogen) atoms. The van der Waals surface area contributed by atoms with Crippen LogP contribution in [0.15, 0.2) is 48.5 Å². The lowest BCUT2D eigenvalue weighted by Gasteiger charge is -2.11. The minimum atomic E-state index is -0.247. The maximum Gasteiger partial charge on any atom is 0.175 e. The first kappa shape index (κ1) is 18.4. The Hall–Kier alpha value is -2.44. The molecule has 0 unspecified atom stereocenters. The monoisotopic (exact) mass is 388 g/mol. The summed E-state index contributed by atoms with van der Waals surface area (Å²) in [6.07, 6.45) is 0. The summed E-state index contributed by atoms with van der Waals surface area (Å²) in [7, 11) is 0. The molecule has 0 aliphatic rings. The van der Waals surface area contributed by atoms with E-state index in [1.165, 1.54) is 12.1 Å². The molecule has 4 nitrogen and oxygen atoms in total. The molecule has 134 valence electrons. The predicted octanol–water partition coefficient (Wildman–Crippen LogP) is 5.15. The predicted molar refractivity (Wildman–Crippen MR) is 108 cm³/mol. The van der Waals surface area contributed by atoms with Crippen LogP contribution in [0, 0.1) is 19.7 Å². The summed E-state index contributed by atoms with van der Waals surface area (Å²) in [5, 5.41) is 12.0. The molecule has 0 bridgehead atoms. The molecule has 0 spiro atoms. The van der Waals surface area contributed by atoms with Gasteiger partial charge >= 0.3 is 0 Å². The van der Waals surface area contributed by atoms with E-state index in [-0.39, 0.29) is 5.82 Å². The zero-order valence-electron chi connectivity index (χ0n) is 14.4. The summed E-state index contributed by atoms with van der Waals surface area (Å²) in [4.78, 5) is 0. The van der Waals surface area contributed by atoms with Crippen molar-refractivity contribution in [3.63, 3.8) is 0 Å². The highest BCUT2D eigenvalue weighted by Crippen LogP contribution is 2.21. The largest absolute Gasteiger partial charge is 0.332 e. The number of benzene rings is 2. The van der Waals surface area contributed by atoms with Crippen LogP contribution in [0.2, 0.25) is 5.02 Å². The van der Waals surface area contributed by atoms with E-state index in [0.717, 1.165) is 28.3 Å². The van der Waals surface area contributed by atoms with Crippen LogP contribution in [-0.2, 0) is 6.54 Å². The lowest BCUT2D eigenvalue weighted by molar-refractivity contribution is 0.622. The summed E-state index contributed by atoms with van der Waals surface area (Å²) in [5.74, 6) is -0.247. The zero-order valence-corrected chi connectivity index (χ0v) is 16.0. The molecule has 0 aliphatic carbocycles. The summed E-state index contributed by atoms with van der Waals surface area (Å²) in [5.41, 5.74) is 4.47. The van der Waals surface area contributed by atoms with Gasteiger partial charge in [0.25, 0.3) is 0 Å². The van der Waals surface area contributed by atoms with Gasteiger partial charge in [-0.3, -0.25) is 4.68 Å². The standard InChI is InChI=1S/C19H18ClFN4S/c1-12-18(23-19(26)22-17-9-5-15(20)6-10-17)13(2)25(24-12)11-14-3-7-16(21)8-4-14/h3-10H,11H2,1-2H3,(H2,22,23,26). The van der Waals surface area contributed by atoms with Crippen molar-refractivity contribution in [2.75, 3.05) is 10.6 Å². The average molecular weight is 389 g/mol. The third kappa shape index (κ3) is 4.39. The number of halogens is 2. The molecule has 0 radical (unpaired) electrons. The van der Waals surface area contributed by atoms with Gasteiger partial charge in [0.15, 0.2) is 5.11 Å². The second-order valence-electron chi connectivity index (χ2n) is 5.92. The van der Waals surface area contributed by atoms with Crippen molar-refractivity contribution in [3.8, 4) is 0 Å². The Balaban J connectivity index is 1.71. The van der Waals surface area contributed by atoms with Crippen molar-refractivity contribution in [1.82, 2.24) is 9.78 Å². The zero-order chi connectivity index (χ0) is 18.7. The number of aryl methyl sites for hydroxylation is 1. The van der Waals surface area contributed by atoms with Crippen LogP contribution in [-0.4, -0.2) is 14.9 Å². The van der Waals surface area contributed by atoms with Crippen LogP contribution >= 0.6 is 23.8 Å². The van der Waals surface area contributed by atoms with E-state index in [1.54, 1.807) is 24.3 Å². The van der Waals surface area contributed by atoms with Gasteiger partial charge in [-0.05, 0) is 68.0 Å². The molecule has 3 aromatic rings. The Morgan fingerprint density at radius 2 is 1.73 bits per heavy atom. The SMILES string of the molecule is Cc1nn(Cc2ccc(F)cc2)c(C)c1NC(=S)Nc1ccc(Cl)cc1. The maximum absolute atomic E-state index is 13.1. The third-order valence-electron chi connectivity index (χ3n) is 3.97. The fourth-order valence-corrected chi connectivity index (χ4v) is 2.95. The van der Waals surface area contributed by atoms with E-state index in [0.29, 0.717) is 16.7 Å². The first-order valence-electron chi connectivity index (χ1n) is 8.04. The highest BCUT2D eigenvalue weighted by atomic mass is 35.5. The molecule has 3 rings (SSSR count). The number of hydrogen-bond acceptors (Lipinski definition) is 2. The number of hydrogen-bond donors (Lipinski definition) is 2. The molecular weight excluding hydrogens is 371 g/mol. The first-order chi connectivity index (χ1) is 12.4. The summed E-state index contributed by atoms with van der Waals surface area (Å²) in [6.45, 7) is 4.45.